The van der Waals surface area contributed by atoms with E-state index in [1.165, 1.54) is 17.8 Å². The number of anilines is 1. The monoisotopic (exact) mass is 462 g/mol. The van der Waals surface area contributed by atoms with Gasteiger partial charge in [0.05, 0.1) is 0 Å². The maximum Gasteiger partial charge on any atom is 0.407 e. The molecule has 1 heterocycles. The second-order valence-corrected chi connectivity index (χ2v) is 8.14. The zero-order valence-electron chi connectivity index (χ0n) is 18.9. The van der Waals surface area contributed by atoms with Gasteiger partial charge >= 0.3 is 12.1 Å². The maximum absolute atomic E-state index is 12.8. The van der Waals surface area contributed by atoms with Gasteiger partial charge in [0.15, 0.2) is 5.69 Å². The Labute approximate surface area is 196 Å². The van der Waals surface area contributed by atoms with Gasteiger partial charge in [0.2, 0.25) is 5.91 Å². The van der Waals surface area contributed by atoms with Crippen LogP contribution in [-0.4, -0.2) is 45.5 Å². The molecule has 1 aliphatic rings. The van der Waals surface area contributed by atoms with Gasteiger partial charge in [-0.05, 0) is 28.7 Å². The van der Waals surface area contributed by atoms with Crippen molar-refractivity contribution in [2.45, 2.75) is 31.7 Å². The number of aryl methyl sites for hydroxylation is 1. The zero-order valence-corrected chi connectivity index (χ0v) is 18.9. The molecular formula is C25H26N4O5. The number of amides is 2. The summed E-state index contributed by atoms with van der Waals surface area (Å²) in [5.74, 6) is -1.54. The minimum absolute atomic E-state index is 0.0829. The quantitative estimate of drug-likeness (QED) is 0.468. The molecule has 0 bridgehead atoms. The third kappa shape index (κ3) is 4.63. The van der Waals surface area contributed by atoms with E-state index in [9.17, 15) is 14.4 Å². The summed E-state index contributed by atoms with van der Waals surface area (Å²) in [5, 5.41) is 18.2. The Balaban J connectivity index is 1.41. The van der Waals surface area contributed by atoms with Crippen LogP contribution in [0, 0.1) is 0 Å². The first-order valence-corrected chi connectivity index (χ1v) is 11.1. The van der Waals surface area contributed by atoms with Crippen LogP contribution in [0.5, 0.6) is 0 Å². The van der Waals surface area contributed by atoms with E-state index in [0.29, 0.717) is 12.8 Å². The van der Waals surface area contributed by atoms with Gasteiger partial charge < -0.3 is 20.5 Å². The minimum atomic E-state index is -1.20. The molecule has 0 radical (unpaired) electrons. The van der Waals surface area contributed by atoms with Crippen molar-refractivity contribution in [2.75, 3.05) is 11.9 Å². The number of rotatable bonds is 8. The second-order valence-electron chi connectivity index (χ2n) is 8.14. The smallest absolute Gasteiger partial charge is 0.407 e. The van der Waals surface area contributed by atoms with E-state index in [1.54, 1.807) is 0 Å². The summed E-state index contributed by atoms with van der Waals surface area (Å²) in [6.07, 6.45) is 0.347. The summed E-state index contributed by atoms with van der Waals surface area (Å²) in [6.45, 7) is 2.04. The van der Waals surface area contributed by atoms with Crippen LogP contribution in [0.25, 0.3) is 11.1 Å². The number of ether oxygens (including phenoxy) is 1. The molecular weight excluding hydrogens is 436 g/mol. The molecule has 0 saturated carbocycles. The molecule has 3 N–H and O–H groups in total. The van der Waals surface area contributed by atoms with Crippen molar-refractivity contribution < 1.29 is 24.2 Å². The van der Waals surface area contributed by atoms with Crippen LogP contribution < -0.4 is 10.6 Å². The van der Waals surface area contributed by atoms with Gasteiger partial charge in [-0.25, -0.2) is 9.59 Å². The van der Waals surface area contributed by atoms with Crippen molar-refractivity contribution in [1.82, 2.24) is 15.1 Å². The maximum atomic E-state index is 12.8. The van der Waals surface area contributed by atoms with Gasteiger partial charge in [0.1, 0.15) is 18.5 Å². The fraction of sp³-hybridized carbons (Fsp3) is 0.280. The lowest BCUT2D eigenvalue weighted by atomic mass is 9.98. The van der Waals surface area contributed by atoms with Gasteiger partial charge in [-0.1, -0.05) is 61.9 Å². The molecule has 0 unspecified atom stereocenters. The summed E-state index contributed by atoms with van der Waals surface area (Å²) in [6, 6.07) is 16.5. The number of benzene rings is 2. The van der Waals surface area contributed by atoms with Crippen LogP contribution in [0.2, 0.25) is 0 Å². The Bertz CT molecular complexity index is 1190. The Kier molecular flexibility index (Phi) is 6.62. The Morgan fingerprint density at radius 3 is 2.26 bits per heavy atom. The molecule has 0 fully saturated rings. The van der Waals surface area contributed by atoms with Crippen molar-refractivity contribution in [3.05, 3.63) is 71.4 Å². The molecule has 1 aliphatic carbocycles. The van der Waals surface area contributed by atoms with E-state index in [-0.39, 0.29) is 24.0 Å². The van der Waals surface area contributed by atoms with Crippen molar-refractivity contribution in [3.8, 4) is 11.1 Å². The Morgan fingerprint density at radius 2 is 1.71 bits per heavy atom. The standard InChI is InChI=1S/C25H26N4O5/c1-3-8-20(23(30)27-22-13-21(24(31)32)28-29(22)2)26-25(33)34-14-19-17-11-6-4-9-15(17)16-10-5-7-12-18(16)19/h4-7,9-13,19-20H,3,8,14H2,1-2H3,(H,26,33)(H,27,30)(H,31,32)/t20-/m0/s1. The van der Waals surface area contributed by atoms with Gasteiger partial charge in [0, 0.05) is 19.0 Å². The van der Waals surface area contributed by atoms with Crippen LogP contribution in [0.3, 0.4) is 0 Å². The van der Waals surface area contributed by atoms with E-state index >= 15 is 0 Å². The molecule has 3 aromatic rings. The summed E-state index contributed by atoms with van der Waals surface area (Å²) in [7, 11) is 1.52. The number of carbonyl (C=O) groups excluding carboxylic acids is 2. The average molecular weight is 463 g/mol. The highest BCUT2D eigenvalue weighted by Crippen LogP contribution is 2.44. The fourth-order valence-corrected chi connectivity index (χ4v) is 4.24. The third-order valence-electron chi connectivity index (χ3n) is 5.88. The largest absolute Gasteiger partial charge is 0.476 e. The number of carbonyl (C=O) groups is 3. The fourth-order valence-electron chi connectivity index (χ4n) is 4.24. The van der Waals surface area contributed by atoms with Crippen LogP contribution in [0.15, 0.2) is 54.6 Å². The number of nitrogens with one attached hydrogen (secondary N) is 2. The van der Waals surface area contributed by atoms with Crippen molar-refractivity contribution in [1.29, 1.82) is 0 Å². The predicted octanol–water partition coefficient (Wildman–Crippen LogP) is 3.76. The summed E-state index contributed by atoms with van der Waals surface area (Å²) in [4.78, 5) is 36.5. The van der Waals surface area contributed by atoms with Crippen LogP contribution in [0.1, 0.15) is 47.3 Å². The van der Waals surface area contributed by atoms with Crippen LogP contribution in [-0.2, 0) is 16.6 Å². The highest BCUT2D eigenvalue weighted by atomic mass is 16.5. The third-order valence-corrected chi connectivity index (χ3v) is 5.88. The lowest BCUT2D eigenvalue weighted by Gasteiger charge is -2.19. The number of fused-ring (bicyclic) bond motifs is 3. The summed E-state index contributed by atoms with van der Waals surface area (Å²) >= 11 is 0. The molecule has 1 aromatic heterocycles. The number of alkyl carbamates (subject to hydrolysis) is 1. The molecule has 2 amide bonds. The number of carboxylic acids is 1. The number of hydrogen-bond donors (Lipinski definition) is 3. The highest BCUT2D eigenvalue weighted by molar-refractivity contribution is 5.97. The molecule has 34 heavy (non-hydrogen) atoms. The topological polar surface area (TPSA) is 123 Å². The van der Waals surface area contributed by atoms with Gasteiger partial charge in [-0.3, -0.25) is 9.48 Å². The second kappa shape index (κ2) is 9.78. The number of nitrogens with zero attached hydrogens (tertiary/aromatic N) is 2. The van der Waals surface area contributed by atoms with Gasteiger partial charge in [0.25, 0.3) is 0 Å². The van der Waals surface area contributed by atoms with E-state index in [1.807, 2.05) is 43.3 Å². The SMILES string of the molecule is CCC[C@H](NC(=O)OCC1c2ccccc2-c2ccccc21)C(=O)Nc1cc(C(=O)O)nn1C. The molecule has 0 aliphatic heterocycles. The van der Waals surface area contributed by atoms with E-state index in [0.717, 1.165) is 22.3 Å². The number of aromatic nitrogens is 2. The molecule has 9 heteroatoms. The summed E-state index contributed by atoms with van der Waals surface area (Å²) in [5.41, 5.74) is 4.28. The Hall–Kier alpha value is -4.14. The molecule has 4 rings (SSSR count). The predicted molar refractivity (Wildman–Crippen MR) is 126 cm³/mol. The van der Waals surface area contributed by atoms with Crippen LogP contribution in [0.4, 0.5) is 10.6 Å². The molecule has 1 atom stereocenters. The first-order chi connectivity index (χ1) is 16.4. The summed E-state index contributed by atoms with van der Waals surface area (Å²) < 4.78 is 6.81. The molecule has 2 aromatic carbocycles. The van der Waals surface area contributed by atoms with Crippen LogP contribution >= 0.6 is 0 Å². The number of hydrogen-bond acceptors (Lipinski definition) is 5. The molecule has 0 saturated heterocycles. The lowest BCUT2D eigenvalue weighted by molar-refractivity contribution is -0.118. The highest BCUT2D eigenvalue weighted by Gasteiger charge is 2.30. The van der Waals surface area contributed by atoms with Crippen molar-refractivity contribution in [3.63, 3.8) is 0 Å². The first kappa shape index (κ1) is 23.0. The van der Waals surface area contributed by atoms with Crippen molar-refractivity contribution in [2.24, 2.45) is 7.05 Å². The first-order valence-electron chi connectivity index (χ1n) is 11.1. The molecule has 176 valence electrons. The average Bonchev–Trinajstić information content (AvgIpc) is 3.35. The number of aromatic carboxylic acids is 1. The van der Waals surface area contributed by atoms with Gasteiger partial charge in [-0.2, -0.15) is 5.10 Å². The van der Waals surface area contributed by atoms with Crippen molar-refractivity contribution >= 4 is 23.8 Å². The number of carboxylic acid groups (broad SMARTS) is 1. The zero-order chi connectivity index (χ0) is 24.2. The molecule has 0 spiro atoms. The normalized spacial score (nSPS) is 13.0. The van der Waals surface area contributed by atoms with E-state index < -0.39 is 24.0 Å². The van der Waals surface area contributed by atoms with E-state index in [4.69, 9.17) is 9.84 Å². The van der Waals surface area contributed by atoms with E-state index in [2.05, 4.69) is 27.9 Å². The lowest BCUT2D eigenvalue weighted by Crippen LogP contribution is -2.44. The van der Waals surface area contributed by atoms with Gasteiger partial charge in [-0.15, -0.1) is 0 Å². The molecule has 9 nitrogen and oxygen atoms in total. The minimum Gasteiger partial charge on any atom is -0.476 e. The Morgan fingerprint density at radius 1 is 1.09 bits per heavy atom.